The van der Waals surface area contributed by atoms with Crippen LogP contribution < -0.4 is 10.6 Å². The fraction of sp³-hybridized carbons (Fsp3) is 0.636. The summed E-state index contributed by atoms with van der Waals surface area (Å²) in [5.74, 6) is 0.214. The van der Waals surface area contributed by atoms with E-state index in [4.69, 9.17) is 0 Å². The Labute approximate surface area is 123 Å². The quantitative estimate of drug-likeness (QED) is 0.587. The second-order valence-electron chi connectivity index (χ2n) is 5.22. The first-order valence-electron chi connectivity index (χ1n) is 6.14. The Morgan fingerprint density at radius 2 is 1.90 bits per heavy atom. The maximum absolute atomic E-state index is 11.7. The van der Waals surface area contributed by atoms with Gasteiger partial charge in [-0.3, -0.25) is 10.1 Å². The van der Waals surface area contributed by atoms with Crippen LogP contribution in [0.3, 0.4) is 0 Å². The molecule has 0 unspecified atom stereocenters. The molecule has 0 aromatic carbocycles. The lowest BCUT2D eigenvalue weighted by atomic mass is 10.2. The molecule has 1 aromatic heterocycles. The van der Waals surface area contributed by atoms with Crippen molar-refractivity contribution >= 4 is 27.3 Å². The number of aromatic nitrogens is 2. The second-order valence-corrected chi connectivity index (χ2v) is 7.87. The van der Waals surface area contributed by atoms with E-state index in [0.717, 1.165) is 6.26 Å². The SMILES string of the molecule is CNc1nc(C)c([N+](=O)[O-])c(NCC(C)(C)S(C)(=O)=O)n1. The first-order valence-corrected chi connectivity index (χ1v) is 8.03. The number of hydrogen-bond acceptors (Lipinski definition) is 8. The number of aryl methyl sites for hydroxylation is 1. The van der Waals surface area contributed by atoms with E-state index < -0.39 is 19.5 Å². The zero-order valence-electron chi connectivity index (χ0n) is 12.6. The number of anilines is 2. The molecule has 0 saturated heterocycles. The Morgan fingerprint density at radius 3 is 2.33 bits per heavy atom. The van der Waals surface area contributed by atoms with E-state index in [9.17, 15) is 18.5 Å². The van der Waals surface area contributed by atoms with Crippen LogP contribution in [0.2, 0.25) is 0 Å². The van der Waals surface area contributed by atoms with Crippen LogP contribution in [-0.4, -0.2) is 47.9 Å². The van der Waals surface area contributed by atoms with Gasteiger partial charge >= 0.3 is 5.69 Å². The zero-order chi connectivity index (χ0) is 16.4. The van der Waals surface area contributed by atoms with Gasteiger partial charge in [0.1, 0.15) is 5.69 Å². The van der Waals surface area contributed by atoms with Crippen molar-refractivity contribution in [2.24, 2.45) is 0 Å². The first kappa shape index (κ1) is 17.1. The molecule has 2 N–H and O–H groups in total. The summed E-state index contributed by atoms with van der Waals surface area (Å²) in [6.45, 7) is 4.56. The largest absolute Gasteiger partial charge is 0.363 e. The lowest BCUT2D eigenvalue weighted by molar-refractivity contribution is -0.385. The molecule has 1 rings (SSSR count). The van der Waals surface area contributed by atoms with Gasteiger partial charge in [-0.15, -0.1) is 0 Å². The number of nitro groups is 1. The molecule has 0 aliphatic heterocycles. The molecule has 10 heteroatoms. The molecule has 21 heavy (non-hydrogen) atoms. The van der Waals surface area contributed by atoms with Gasteiger partial charge in [0.2, 0.25) is 11.8 Å². The number of hydrogen-bond donors (Lipinski definition) is 2. The Morgan fingerprint density at radius 1 is 1.33 bits per heavy atom. The van der Waals surface area contributed by atoms with Gasteiger partial charge in [-0.05, 0) is 20.8 Å². The van der Waals surface area contributed by atoms with Crippen molar-refractivity contribution in [1.82, 2.24) is 9.97 Å². The molecule has 9 nitrogen and oxygen atoms in total. The third kappa shape index (κ3) is 3.78. The number of nitrogens with one attached hydrogen (secondary N) is 2. The third-order valence-electron chi connectivity index (χ3n) is 3.15. The van der Waals surface area contributed by atoms with Crippen LogP contribution in [0.1, 0.15) is 19.5 Å². The highest BCUT2D eigenvalue weighted by Gasteiger charge is 2.31. The zero-order valence-corrected chi connectivity index (χ0v) is 13.4. The van der Waals surface area contributed by atoms with Crippen molar-refractivity contribution in [3.05, 3.63) is 15.8 Å². The molecule has 0 amide bonds. The van der Waals surface area contributed by atoms with Gasteiger partial charge in [-0.2, -0.15) is 4.98 Å². The molecule has 0 fully saturated rings. The van der Waals surface area contributed by atoms with E-state index in [1.807, 2.05) is 0 Å². The van der Waals surface area contributed by atoms with E-state index in [1.165, 1.54) is 20.8 Å². The summed E-state index contributed by atoms with van der Waals surface area (Å²) in [5.41, 5.74) is -0.0719. The van der Waals surface area contributed by atoms with Gasteiger partial charge in [0.15, 0.2) is 9.84 Å². The first-order chi connectivity index (χ1) is 9.49. The average molecular weight is 317 g/mol. The summed E-state index contributed by atoms with van der Waals surface area (Å²) in [7, 11) is -1.73. The van der Waals surface area contributed by atoms with Crippen molar-refractivity contribution in [3.8, 4) is 0 Å². The Hall–Kier alpha value is -1.97. The van der Waals surface area contributed by atoms with E-state index >= 15 is 0 Å². The molecule has 0 spiro atoms. The van der Waals surface area contributed by atoms with E-state index in [-0.39, 0.29) is 29.7 Å². The number of nitrogens with zero attached hydrogens (tertiary/aromatic N) is 3. The molecule has 0 aliphatic rings. The van der Waals surface area contributed by atoms with Crippen LogP contribution in [0.4, 0.5) is 17.5 Å². The highest BCUT2D eigenvalue weighted by Crippen LogP contribution is 2.27. The molecular weight excluding hydrogens is 298 g/mol. The molecule has 1 aromatic rings. The Kier molecular flexibility index (Phi) is 4.72. The molecule has 0 saturated carbocycles. The number of rotatable bonds is 6. The molecule has 1 heterocycles. The summed E-state index contributed by atoms with van der Waals surface area (Å²) in [4.78, 5) is 18.5. The van der Waals surface area contributed by atoms with Crippen LogP contribution in [0.15, 0.2) is 0 Å². The van der Waals surface area contributed by atoms with Gasteiger partial charge < -0.3 is 10.6 Å². The summed E-state index contributed by atoms with van der Waals surface area (Å²) < 4.78 is 22.2. The van der Waals surface area contributed by atoms with Gasteiger partial charge in [-0.25, -0.2) is 13.4 Å². The summed E-state index contributed by atoms with van der Waals surface area (Å²) >= 11 is 0. The maximum atomic E-state index is 11.7. The predicted octanol–water partition coefficient (Wildman–Crippen LogP) is 0.970. The lowest BCUT2D eigenvalue weighted by Gasteiger charge is -2.23. The van der Waals surface area contributed by atoms with Gasteiger partial charge in [0, 0.05) is 19.8 Å². The smallest absolute Gasteiger partial charge is 0.332 e. The van der Waals surface area contributed by atoms with Crippen molar-refractivity contribution in [1.29, 1.82) is 0 Å². The Balaban J connectivity index is 3.19. The van der Waals surface area contributed by atoms with Gasteiger partial charge in [-0.1, -0.05) is 0 Å². The molecule has 118 valence electrons. The van der Waals surface area contributed by atoms with Gasteiger partial charge in [0.25, 0.3) is 0 Å². The lowest BCUT2D eigenvalue weighted by Crippen LogP contribution is -2.38. The highest BCUT2D eigenvalue weighted by atomic mass is 32.2. The normalized spacial score (nSPS) is 12.0. The van der Waals surface area contributed by atoms with Crippen LogP contribution in [-0.2, 0) is 9.84 Å². The molecule has 0 bridgehead atoms. The minimum absolute atomic E-state index is 0.00595. The van der Waals surface area contributed by atoms with Crippen LogP contribution in [0.5, 0.6) is 0 Å². The Bertz CT molecular complexity index is 657. The number of sulfone groups is 1. The molecular formula is C11H19N5O4S. The fourth-order valence-electron chi connectivity index (χ4n) is 1.45. The standard InChI is InChI=1S/C11H19N5O4S/c1-7-8(16(17)18)9(15-10(12-4)14-7)13-6-11(2,3)21(5,19)20/h6H2,1-5H3,(H2,12,13,14,15). The molecule has 0 radical (unpaired) electrons. The van der Waals surface area contributed by atoms with Crippen LogP contribution >= 0.6 is 0 Å². The summed E-state index contributed by atoms with van der Waals surface area (Å²) in [6.07, 6.45) is 1.12. The van der Waals surface area contributed by atoms with E-state index in [2.05, 4.69) is 20.6 Å². The monoisotopic (exact) mass is 317 g/mol. The van der Waals surface area contributed by atoms with Gasteiger partial charge in [0.05, 0.1) is 9.67 Å². The van der Waals surface area contributed by atoms with E-state index in [0.29, 0.717) is 0 Å². The second kappa shape index (κ2) is 5.80. The molecule has 0 atom stereocenters. The fourth-order valence-corrected chi connectivity index (χ4v) is 1.78. The highest BCUT2D eigenvalue weighted by molar-refractivity contribution is 7.92. The van der Waals surface area contributed by atoms with Crippen molar-refractivity contribution in [3.63, 3.8) is 0 Å². The maximum Gasteiger partial charge on any atom is 0.332 e. The van der Waals surface area contributed by atoms with Crippen molar-refractivity contribution < 1.29 is 13.3 Å². The van der Waals surface area contributed by atoms with Crippen LogP contribution in [0.25, 0.3) is 0 Å². The third-order valence-corrected chi connectivity index (χ3v) is 5.30. The minimum Gasteiger partial charge on any atom is -0.363 e. The van der Waals surface area contributed by atoms with Crippen molar-refractivity contribution in [2.75, 3.05) is 30.5 Å². The predicted molar refractivity (Wildman–Crippen MR) is 80.4 cm³/mol. The van der Waals surface area contributed by atoms with Crippen LogP contribution in [0, 0.1) is 17.0 Å². The molecule has 0 aliphatic carbocycles. The minimum atomic E-state index is -3.32. The average Bonchev–Trinajstić information content (AvgIpc) is 2.33. The summed E-state index contributed by atoms with van der Waals surface area (Å²) in [6, 6.07) is 0. The van der Waals surface area contributed by atoms with Crippen molar-refractivity contribution in [2.45, 2.75) is 25.5 Å². The van der Waals surface area contributed by atoms with E-state index in [1.54, 1.807) is 7.05 Å². The summed E-state index contributed by atoms with van der Waals surface area (Å²) in [5, 5.41) is 16.6. The topological polar surface area (TPSA) is 127 Å².